The number of nitrogens with zero attached hydrogens (tertiary/aromatic N) is 3. The number of hydrogen-bond acceptors (Lipinski definition) is 8. The fourth-order valence-corrected chi connectivity index (χ4v) is 2.95. The van der Waals surface area contributed by atoms with E-state index >= 15 is 0 Å². The summed E-state index contributed by atoms with van der Waals surface area (Å²) in [6.07, 6.45) is 7.27. The molecule has 2 heterocycles. The van der Waals surface area contributed by atoms with Gasteiger partial charge in [0.15, 0.2) is 0 Å². The van der Waals surface area contributed by atoms with Gasteiger partial charge >= 0.3 is 0 Å². The van der Waals surface area contributed by atoms with E-state index in [1.807, 2.05) is 31.2 Å². The summed E-state index contributed by atoms with van der Waals surface area (Å²) in [7, 11) is 0. The van der Waals surface area contributed by atoms with Crippen molar-refractivity contribution in [3.63, 3.8) is 0 Å². The van der Waals surface area contributed by atoms with E-state index < -0.39 is 0 Å². The molecule has 5 N–H and O–H groups in total. The minimum Gasteiger partial charge on any atom is -0.404 e. The molecule has 0 aliphatic rings. The highest BCUT2D eigenvalue weighted by Crippen LogP contribution is 2.24. The molecule has 4 aromatic rings. The summed E-state index contributed by atoms with van der Waals surface area (Å²) in [5, 5.41) is 16.3. The van der Waals surface area contributed by atoms with E-state index in [1.165, 1.54) is 18.5 Å². The Morgan fingerprint density at radius 2 is 1.91 bits per heavy atom. The van der Waals surface area contributed by atoms with Crippen molar-refractivity contribution in [3.05, 3.63) is 84.3 Å². The first kappa shape index (κ1) is 22.9. The molecule has 0 saturated heterocycles. The highest BCUT2D eigenvalue weighted by molar-refractivity contribution is 7.80. The predicted octanol–water partition coefficient (Wildman–Crippen LogP) is 4.86. The fourth-order valence-electron chi connectivity index (χ4n) is 2.81. The normalized spacial score (nSPS) is 10.9. The fraction of sp³-hybridized carbons (Fsp3) is 0.0435. The Labute approximate surface area is 189 Å². The first-order chi connectivity index (χ1) is 15.4. The van der Waals surface area contributed by atoms with Crippen LogP contribution < -0.4 is 11.2 Å². The zero-order valence-electron chi connectivity index (χ0n) is 17.1. The Hall–Kier alpha value is -3.82. The monoisotopic (exact) mass is 448 g/mol. The lowest BCUT2D eigenvalue weighted by atomic mass is 10.1. The first-order valence-corrected chi connectivity index (χ1v) is 9.90. The molecule has 0 bridgehead atoms. The standard InChI is InChI=1S/C16H14N6O.C7H7FS/c17-5-12(6-18)16-9-20-14-2-1-10(4-15(14)21-16)11-3-13(22-23)8-19-7-11;1-5-2-3-7(9)6(8)4-5/h1-9,17,22-23H,18H2;2-4,9H,1H3/b12-6+,17-5?;. The summed E-state index contributed by atoms with van der Waals surface area (Å²) in [4.78, 5) is 13.3. The van der Waals surface area contributed by atoms with Crippen molar-refractivity contribution in [2.24, 2.45) is 5.73 Å². The van der Waals surface area contributed by atoms with Crippen LogP contribution in [0.25, 0.3) is 27.7 Å². The smallest absolute Gasteiger partial charge is 0.136 e. The molecule has 2 aromatic carbocycles. The van der Waals surface area contributed by atoms with E-state index in [2.05, 4.69) is 33.1 Å². The highest BCUT2D eigenvalue weighted by atomic mass is 32.1. The third-order valence-corrected chi connectivity index (χ3v) is 4.84. The molecule has 0 amide bonds. The van der Waals surface area contributed by atoms with Crippen molar-refractivity contribution in [2.75, 3.05) is 5.48 Å². The molecule has 4 rings (SSSR count). The molecule has 2 aromatic heterocycles. The maximum absolute atomic E-state index is 12.5. The van der Waals surface area contributed by atoms with Crippen LogP contribution in [0.4, 0.5) is 10.1 Å². The molecule has 0 saturated carbocycles. The summed E-state index contributed by atoms with van der Waals surface area (Å²) in [5.41, 5.74) is 13.2. The number of nitrogens with one attached hydrogen (secondary N) is 2. The minimum absolute atomic E-state index is 0.252. The Kier molecular flexibility index (Phi) is 7.48. The number of pyridine rings is 1. The number of hydrogen-bond donors (Lipinski definition) is 5. The maximum atomic E-state index is 12.5. The van der Waals surface area contributed by atoms with Crippen LogP contribution in [-0.4, -0.2) is 26.4 Å². The average Bonchev–Trinajstić information content (AvgIpc) is 2.82. The number of rotatable bonds is 4. The van der Waals surface area contributed by atoms with Gasteiger partial charge in [-0.25, -0.2) is 9.37 Å². The first-order valence-electron chi connectivity index (χ1n) is 9.45. The van der Waals surface area contributed by atoms with Gasteiger partial charge in [0, 0.05) is 34.6 Å². The van der Waals surface area contributed by atoms with Crippen molar-refractivity contribution in [1.82, 2.24) is 15.0 Å². The summed E-state index contributed by atoms with van der Waals surface area (Å²) < 4.78 is 12.5. The molecule has 7 nitrogen and oxygen atoms in total. The van der Waals surface area contributed by atoms with E-state index in [-0.39, 0.29) is 5.82 Å². The van der Waals surface area contributed by atoms with Crippen LogP contribution in [0, 0.1) is 18.2 Å². The van der Waals surface area contributed by atoms with Gasteiger partial charge < -0.3 is 11.1 Å². The SMILES string of the molecule is Cc1ccc(S)c(F)c1.N=C/C(=C\N)c1cnc2ccc(-c3cncc(NO)c3)cc2n1. The molecule has 162 valence electrons. The van der Waals surface area contributed by atoms with Gasteiger partial charge in [-0.15, -0.1) is 12.6 Å². The summed E-state index contributed by atoms with van der Waals surface area (Å²) in [5.74, 6) is -0.252. The molecule has 0 unspecified atom stereocenters. The van der Waals surface area contributed by atoms with Gasteiger partial charge in [0.2, 0.25) is 0 Å². The molecule has 32 heavy (non-hydrogen) atoms. The Morgan fingerprint density at radius 3 is 2.56 bits per heavy atom. The third-order valence-electron chi connectivity index (χ3n) is 4.48. The quantitative estimate of drug-likeness (QED) is 0.173. The third kappa shape index (κ3) is 5.45. The van der Waals surface area contributed by atoms with Gasteiger partial charge in [0.05, 0.1) is 34.8 Å². The van der Waals surface area contributed by atoms with Gasteiger partial charge in [-0.3, -0.25) is 20.7 Å². The van der Waals surface area contributed by atoms with Crippen molar-refractivity contribution in [3.8, 4) is 11.1 Å². The van der Waals surface area contributed by atoms with Crippen LogP contribution in [0.1, 0.15) is 11.3 Å². The molecule has 0 spiro atoms. The molecule has 0 aliphatic carbocycles. The van der Waals surface area contributed by atoms with Gasteiger partial charge in [0.25, 0.3) is 0 Å². The molecular weight excluding hydrogens is 427 g/mol. The van der Waals surface area contributed by atoms with Crippen LogP contribution in [-0.2, 0) is 0 Å². The molecule has 0 fully saturated rings. The van der Waals surface area contributed by atoms with Crippen LogP contribution in [0.5, 0.6) is 0 Å². The number of anilines is 1. The van der Waals surface area contributed by atoms with E-state index in [0.717, 1.165) is 28.4 Å². The number of nitrogens with two attached hydrogens (primary N) is 1. The van der Waals surface area contributed by atoms with E-state index in [4.69, 9.17) is 16.4 Å². The van der Waals surface area contributed by atoms with Crippen LogP contribution in [0.2, 0.25) is 0 Å². The second-order valence-corrected chi connectivity index (χ2v) is 7.24. The van der Waals surface area contributed by atoms with E-state index in [1.54, 1.807) is 24.5 Å². The zero-order valence-corrected chi connectivity index (χ0v) is 18.0. The van der Waals surface area contributed by atoms with Gasteiger partial charge in [-0.2, -0.15) is 0 Å². The lowest BCUT2D eigenvalue weighted by Gasteiger charge is -2.06. The largest absolute Gasteiger partial charge is 0.404 e. The number of aromatic nitrogens is 3. The summed E-state index contributed by atoms with van der Waals surface area (Å²) >= 11 is 3.87. The average molecular weight is 449 g/mol. The molecule has 9 heteroatoms. The number of benzene rings is 2. The van der Waals surface area contributed by atoms with Gasteiger partial charge in [-0.1, -0.05) is 12.1 Å². The van der Waals surface area contributed by atoms with E-state index in [9.17, 15) is 4.39 Å². The second kappa shape index (κ2) is 10.5. The van der Waals surface area contributed by atoms with Gasteiger partial charge in [-0.05, 0) is 48.4 Å². The lowest BCUT2D eigenvalue weighted by Crippen LogP contribution is -1.96. The van der Waals surface area contributed by atoms with Crippen LogP contribution in [0.3, 0.4) is 0 Å². The Balaban J connectivity index is 0.000000269. The van der Waals surface area contributed by atoms with Crippen LogP contribution in [0.15, 0.2) is 72.2 Å². The predicted molar refractivity (Wildman–Crippen MR) is 128 cm³/mol. The number of halogens is 1. The van der Waals surface area contributed by atoms with Crippen molar-refractivity contribution >= 4 is 41.1 Å². The number of fused-ring (bicyclic) bond motifs is 1. The number of thiol groups is 1. The molecule has 0 aliphatic heterocycles. The minimum atomic E-state index is -0.252. The highest BCUT2D eigenvalue weighted by Gasteiger charge is 2.06. The molecular formula is C23H21FN6OS. The topological polar surface area (TPSA) is 121 Å². The Morgan fingerprint density at radius 1 is 1.09 bits per heavy atom. The van der Waals surface area contributed by atoms with E-state index in [0.29, 0.717) is 27.4 Å². The number of aryl methyl sites for hydroxylation is 1. The lowest BCUT2D eigenvalue weighted by molar-refractivity contribution is 0.388. The molecule has 0 radical (unpaired) electrons. The number of allylic oxidation sites excluding steroid dienone is 1. The molecule has 0 atom stereocenters. The maximum Gasteiger partial charge on any atom is 0.136 e. The van der Waals surface area contributed by atoms with Crippen LogP contribution >= 0.6 is 12.6 Å². The van der Waals surface area contributed by atoms with Crippen molar-refractivity contribution < 1.29 is 9.60 Å². The summed E-state index contributed by atoms with van der Waals surface area (Å²) in [6, 6.07) is 12.3. The summed E-state index contributed by atoms with van der Waals surface area (Å²) in [6.45, 7) is 1.84. The van der Waals surface area contributed by atoms with Crippen molar-refractivity contribution in [2.45, 2.75) is 11.8 Å². The second-order valence-electron chi connectivity index (χ2n) is 6.75. The van der Waals surface area contributed by atoms with Gasteiger partial charge in [0.1, 0.15) is 5.82 Å². The Bertz CT molecular complexity index is 1290. The zero-order chi connectivity index (χ0) is 23.1. The van der Waals surface area contributed by atoms with Crippen molar-refractivity contribution in [1.29, 1.82) is 5.41 Å².